The van der Waals surface area contributed by atoms with Crippen LogP contribution < -0.4 is 5.73 Å². The van der Waals surface area contributed by atoms with Gasteiger partial charge < -0.3 is 5.73 Å². The number of fused-ring (bicyclic) bond motifs is 1. The maximum Gasteiger partial charge on any atom is 0.158 e. The summed E-state index contributed by atoms with van der Waals surface area (Å²) in [5.74, 6) is 0.105. The van der Waals surface area contributed by atoms with Crippen LogP contribution in [0.5, 0.6) is 0 Å². The molecule has 2 atom stereocenters. The molecule has 1 aromatic heterocycles. The molecule has 1 aromatic rings. The third-order valence-corrected chi connectivity index (χ3v) is 3.50. The van der Waals surface area contributed by atoms with Crippen molar-refractivity contribution in [1.29, 1.82) is 0 Å². The van der Waals surface area contributed by atoms with Crippen LogP contribution in [0.15, 0.2) is 18.3 Å². The van der Waals surface area contributed by atoms with Crippen molar-refractivity contribution in [3.63, 3.8) is 0 Å². The highest BCUT2D eigenvalue weighted by molar-refractivity contribution is 5.90. The zero-order valence-corrected chi connectivity index (χ0v) is 10.4. The maximum atomic E-state index is 12.3. The summed E-state index contributed by atoms with van der Waals surface area (Å²) in [4.78, 5) is 16.7. The summed E-state index contributed by atoms with van der Waals surface area (Å²) >= 11 is 0. The quantitative estimate of drug-likeness (QED) is 0.865. The highest BCUT2D eigenvalue weighted by Crippen LogP contribution is 2.31. The van der Waals surface area contributed by atoms with Crippen molar-refractivity contribution < 1.29 is 4.79 Å². The smallest absolute Gasteiger partial charge is 0.158 e. The number of carbonyl (C=O) groups is 1. The topological polar surface area (TPSA) is 56.0 Å². The second-order valence-electron chi connectivity index (χ2n) is 4.79. The Balaban J connectivity index is 2.20. The predicted molar refractivity (Wildman–Crippen MR) is 67.8 cm³/mol. The normalized spacial score (nSPS) is 20.7. The largest absolute Gasteiger partial charge is 0.321 e. The van der Waals surface area contributed by atoms with Gasteiger partial charge in [-0.25, -0.2) is 0 Å². The van der Waals surface area contributed by atoms with Crippen molar-refractivity contribution >= 4 is 5.78 Å². The molecule has 0 bridgehead atoms. The van der Waals surface area contributed by atoms with Crippen LogP contribution in [-0.2, 0) is 11.2 Å². The Bertz CT molecular complexity index is 403. The Morgan fingerprint density at radius 1 is 1.65 bits per heavy atom. The molecule has 17 heavy (non-hydrogen) atoms. The molecule has 3 heteroatoms. The van der Waals surface area contributed by atoms with E-state index < -0.39 is 0 Å². The van der Waals surface area contributed by atoms with Crippen molar-refractivity contribution in [2.75, 3.05) is 0 Å². The molecular formula is C14H20N2O. The van der Waals surface area contributed by atoms with E-state index in [1.165, 1.54) is 5.56 Å². The molecule has 3 nitrogen and oxygen atoms in total. The number of hydrogen-bond acceptors (Lipinski definition) is 3. The van der Waals surface area contributed by atoms with E-state index in [1.54, 1.807) is 6.20 Å². The monoisotopic (exact) mass is 232 g/mol. The lowest BCUT2D eigenvalue weighted by atomic mass is 9.81. The van der Waals surface area contributed by atoms with Gasteiger partial charge in [0.25, 0.3) is 0 Å². The van der Waals surface area contributed by atoms with Gasteiger partial charge in [-0.2, -0.15) is 0 Å². The number of pyridine rings is 1. The van der Waals surface area contributed by atoms with E-state index in [-0.39, 0.29) is 17.7 Å². The van der Waals surface area contributed by atoms with Gasteiger partial charge >= 0.3 is 0 Å². The summed E-state index contributed by atoms with van der Waals surface area (Å²) in [5, 5.41) is 0. The van der Waals surface area contributed by atoms with Crippen molar-refractivity contribution in [2.45, 2.75) is 51.0 Å². The van der Waals surface area contributed by atoms with Gasteiger partial charge in [0.05, 0.1) is 17.7 Å². The Labute approximate surface area is 102 Å². The molecule has 0 radical (unpaired) electrons. The Hall–Kier alpha value is -1.22. The minimum absolute atomic E-state index is 0.0681. The molecule has 1 heterocycles. The number of aromatic nitrogens is 1. The first-order chi connectivity index (χ1) is 8.24. The Morgan fingerprint density at radius 2 is 2.47 bits per heavy atom. The zero-order chi connectivity index (χ0) is 12.3. The molecular weight excluding hydrogens is 212 g/mol. The minimum Gasteiger partial charge on any atom is -0.321 e. The summed E-state index contributed by atoms with van der Waals surface area (Å²) < 4.78 is 0. The molecule has 0 amide bonds. The molecule has 0 spiro atoms. The van der Waals surface area contributed by atoms with Crippen LogP contribution in [0.3, 0.4) is 0 Å². The van der Waals surface area contributed by atoms with Crippen LogP contribution in [0.1, 0.15) is 49.8 Å². The van der Waals surface area contributed by atoms with Gasteiger partial charge in [0.15, 0.2) is 5.78 Å². The third kappa shape index (κ3) is 2.55. The van der Waals surface area contributed by atoms with E-state index in [2.05, 4.69) is 18.0 Å². The van der Waals surface area contributed by atoms with Crippen LogP contribution in [0.4, 0.5) is 0 Å². The third-order valence-electron chi connectivity index (χ3n) is 3.50. The first-order valence-corrected chi connectivity index (χ1v) is 6.47. The SMILES string of the molecule is CCCC(N)C(=O)C1CCCc2cccnc21. The van der Waals surface area contributed by atoms with Crippen LogP contribution in [0.25, 0.3) is 0 Å². The predicted octanol–water partition coefficient (Wildman–Crippen LogP) is 2.20. The van der Waals surface area contributed by atoms with E-state index in [0.717, 1.165) is 37.8 Å². The molecule has 2 N–H and O–H groups in total. The maximum absolute atomic E-state index is 12.3. The highest BCUT2D eigenvalue weighted by atomic mass is 16.1. The van der Waals surface area contributed by atoms with E-state index in [4.69, 9.17) is 5.73 Å². The number of nitrogens with two attached hydrogens (primary N) is 1. The van der Waals surface area contributed by atoms with Gasteiger partial charge in [0, 0.05) is 6.20 Å². The summed E-state index contributed by atoms with van der Waals surface area (Å²) in [5.41, 5.74) is 8.13. The average molecular weight is 232 g/mol. The van der Waals surface area contributed by atoms with Crippen molar-refractivity contribution in [2.24, 2.45) is 5.73 Å². The number of rotatable bonds is 4. The summed E-state index contributed by atoms with van der Waals surface area (Å²) in [6.07, 6.45) is 6.51. The lowest BCUT2D eigenvalue weighted by Crippen LogP contribution is -2.36. The van der Waals surface area contributed by atoms with Crippen LogP contribution in [0, 0.1) is 0 Å². The fourth-order valence-corrected chi connectivity index (χ4v) is 2.60. The second kappa shape index (κ2) is 5.41. The first kappa shape index (κ1) is 12.2. The molecule has 0 fully saturated rings. The van der Waals surface area contributed by atoms with Gasteiger partial charge in [-0.3, -0.25) is 9.78 Å². The number of aryl methyl sites for hydroxylation is 1. The number of nitrogens with zero attached hydrogens (tertiary/aromatic N) is 1. The lowest BCUT2D eigenvalue weighted by molar-refractivity contribution is -0.122. The van der Waals surface area contributed by atoms with Gasteiger partial charge in [-0.1, -0.05) is 19.4 Å². The summed E-state index contributed by atoms with van der Waals surface area (Å²) in [7, 11) is 0. The molecule has 1 aliphatic carbocycles. The molecule has 2 rings (SSSR count). The van der Waals surface area contributed by atoms with Crippen LogP contribution >= 0.6 is 0 Å². The second-order valence-corrected chi connectivity index (χ2v) is 4.79. The van der Waals surface area contributed by atoms with E-state index in [0.29, 0.717) is 0 Å². The number of carbonyl (C=O) groups excluding carboxylic acids is 1. The number of ketones is 1. The van der Waals surface area contributed by atoms with E-state index in [1.807, 2.05) is 6.07 Å². The highest BCUT2D eigenvalue weighted by Gasteiger charge is 2.30. The van der Waals surface area contributed by atoms with Gasteiger partial charge in [0.1, 0.15) is 0 Å². The fourth-order valence-electron chi connectivity index (χ4n) is 2.60. The van der Waals surface area contributed by atoms with E-state index in [9.17, 15) is 4.79 Å². The van der Waals surface area contributed by atoms with Crippen LogP contribution in [-0.4, -0.2) is 16.8 Å². The summed E-state index contributed by atoms with van der Waals surface area (Å²) in [6.45, 7) is 2.06. The lowest BCUT2D eigenvalue weighted by Gasteiger charge is -2.25. The number of Topliss-reactive ketones (excluding diaryl/α,β-unsaturated/α-hetero) is 1. The fraction of sp³-hybridized carbons (Fsp3) is 0.571. The molecule has 2 unspecified atom stereocenters. The van der Waals surface area contributed by atoms with Crippen molar-refractivity contribution in [3.05, 3.63) is 29.6 Å². The molecule has 0 saturated heterocycles. The standard InChI is InChI=1S/C14H20N2O/c1-2-5-12(15)14(17)11-8-3-6-10-7-4-9-16-13(10)11/h4,7,9,11-12H,2-3,5-6,8,15H2,1H3. The molecule has 0 aromatic carbocycles. The number of hydrogen-bond donors (Lipinski definition) is 1. The van der Waals surface area contributed by atoms with Gasteiger partial charge in [-0.05, 0) is 37.3 Å². The molecule has 92 valence electrons. The zero-order valence-electron chi connectivity index (χ0n) is 10.4. The van der Waals surface area contributed by atoms with Crippen molar-refractivity contribution in [1.82, 2.24) is 4.98 Å². The minimum atomic E-state index is -0.321. The van der Waals surface area contributed by atoms with E-state index >= 15 is 0 Å². The van der Waals surface area contributed by atoms with Gasteiger partial charge in [0.2, 0.25) is 0 Å². The van der Waals surface area contributed by atoms with Crippen LogP contribution in [0.2, 0.25) is 0 Å². The average Bonchev–Trinajstić information content (AvgIpc) is 2.37. The summed E-state index contributed by atoms with van der Waals surface area (Å²) in [6, 6.07) is 3.70. The molecule has 0 aliphatic heterocycles. The van der Waals surface area contributed by atoms with Gasteiger partial charge in [-0.15, -0.1) is 0 Å². The van der Waals surface area contributed by atoms with Crippen molar-refractivity contribution in [3.8, 4) is 0 Å². The Kier molecular flexibility index (Phi) is 3.89. The first-order valence-electron chi connectivity index (χ1n) is 6.47. The molecule has 0 saturated carbocycles. The molecule has 1 aliphatic rings. The Morgan fingerprint density at radius 3 is 3.24 bits per heavy atom.